The van der Waals surface area contributed by atoms with E-state index in [1.54, 1.807) is 24.3 Å². The van der Waals surface area contributed by atoms with E-state index in [4.69, 9.17) is 28.2 Å². The molecule has 2 amide bonds. The fourth-order valence-corrected chi connectivity index (χ4v) is 5.06. The highest BCUT2D eigenvalue weighted by atomic mass is 35.5. The SMILES string of the molecule is O=C1c2ccccc2C(=O)N1CCCCn1c(C2CCNCC2)nc2cc(Cl)c(Cl)cc21. The summed E-state index contributed by atoms with van der Waals surface area (Å²) in [5, 5.41) is 4.43. The van der Waals surface area contributed by atoms with Crippen LogP contribution < -0.4 is 5.32 Å². The summed E-state index contributed by atoms with van der Waals surface area (Å²) in [6.07, 6.45) is 3.62. The molecule has 1 fully saturated rings. The first-order chi connectivity index (χ1) is 15.5. The van der Waals surface area contributed by atoms with Crippen molar-refractivity contribution in [3.8, 4) is 0 Å². The summed E-state index contributed by atoms with van der Waals surface area (Å²) in [5.41, 5.74) is 2.83. The molecule has 0 bridgehead atoms. The van der Waals surface area contributed by atoms with Gasteiger partial charge >= 0.3 is 0 Å². The Morgan fingerprint density at radius 1 is 0.938 bits per heavy atom. The highest BCUT2D eigenvalue weighted by Crippen LogP contribution is 2.33. The molecule has 0 atom stereocenters. The number of amides is 2. The van der Waals surface area contributed by atoms with Crippen LogP contribution in [-0.2, 0) is 6.54 Å². The van der Waals surface area contributed by atoms with E-state index in [1.165, 1.54) is 4.90 Å². The van der Waals surface area contributed by atoms with Crippen LogP contribution in [0.15, 0.2) is 36.4 Å². The monoisotopic (exact) mass is 470 g/mol. The average Bonchev–Trinajstić information content (AvgIpc) is 3.27. The minimum atomic E-state index is -0.199. The zero-order chi connectivity index (χ0) is 22.2. The lowest BCUT2D eigenvalue weighted by molar-refractivity contribution is 0.0651. The predicted octanol–water partition coefficient (Wildman–Crippen LogP) is 4.89. The van der Waals surface area contributed by atoms with Gasteiger partial charge in [0.15, 0.2) is 0 Å². The highest BCUT2D eigenvalue weighted by Gasteiger charge is 2.34. The van der Waals surface area contributed by atoms with Gasteiger partial charge in [0, 0.05) is 19.0 Å². The molecule has 8 heteroatoms. The maximum absolute atomic E-state index is 12.6. The molecule has 2 aliphatic rings. The zero-order valence-electron chi connectivity index (χ0n) is 17.6. The first kappa shape index (κ1) is 21.4. The van der Waals surface area contributed by atoms with Gasteiger partial charge in [-0.1, -0.05) is 35.3 Å². The van der Waals surface area contributed by atoms with Gasteiger partial charge < -0.3 is 9.88 Å². The van der Waals surface area contributed by atoms with Gasteiger partial charge in [-0.3, -0.25) is 14.5 Å². The molecule has 0 spiro atoms. The Labute approximate surface area is 196 Å². The van der Waals surface area contributed by atoms with Crippen molar-refractivity contribution in [1.29, 1.82) is 0 Å². The number of nitrogens with one attached hydrogen (secondary N) is 1. The maximum atomic E-state index is 12.6. The van der Waals surface area contributed by atoms with Gasteiger partial charge in [-0.25, -0.2) is 4.98 Å². The third-order valence-electron chi connectivity index (χ3n) is 6.42. The van der Waals surface area contributed by atoms with Crippen LogP contribution in [0.25, 0.3) is 11.0 Å². The van der Waals surface area contributed by atoms with Crippen LogP contribution >= 0.6 is 23.2 Å². The van der Waals surface area contributed by atoms with E-state index in [1.807, 2.05) is 12.1 Å². The lowest BCUT2D eigenvalue weighted by Crippen LogP contribution is -2.31. The average molecular weight is 471 g/mol. The predicted molar refractivity (Wildman–Crippen MR) is 126 cm³/mol. The number of halogens is 2. The molecule has 0 radical (unpaired) electrons. The van der Waals surface area contributed by atoms with E-state index < -0.39 is 0 Å². The molecule has 6 nitrogen and oxygen atoms in total. The minimum Gasteiger partial charge on any atom is -0.328 e. The summed E-state index contributed by atoms with van der Waals surface area (Å²) < 4.78 is 2.25. The quantitative estimate of drug-likeness (QED) is 0.411. The summed E-state index contributed by atoms with van der Waals surface area (Å²) in [5.74, 6) is 1.06. The molecule has 166 valence electrons. The Hall–Kier alpha value is -2.41. The first-order valence-electron chi connectivity index (χ1n) is 11.1. The molecule has 1 N–H and O–H groups in total. The second-order valence-corrected chi connectivity index (χ2v) is 9.23. The third kappa shape index (κ3) is 3.81. The van der Waals surface area contributed by atoms with E-state index in [0.29, 0.717) is 33.6 Å². The number of unbranched alkanes of at least 4 members (excludes halogenated alkanes) is 1. The number of carbonyl (C=O) groups excluding carboxylic acids is 2. The number of hydrogen-bond donors (Lipinski definition) is 1. The van der Waals surface area contributed by atoms with E-state index >= 15 is 0 Å². The highest BCUT2D eigenvalue weighted by molar-refractivity contribution is 6.42. The molecular formula is C24H24Cl2N4O2. The first-order valence-corrected chi connectivity index (χ1v) is 11.8. The number of benzene rings is 2. The third-order valence-corrected chi connectivity index (χ3v) is 7.14. The molecule has 3 aromatic rings. The van der Waals surface area contributed by atoms with Gasteiger partial charge in [0.2, 0.25) is 0 Å². The van der Waals surface area contributed by atoms with E-state index in [-0.39, 0.29) is 11.8 Å². The van der Waals surface area contributed by atoms with Gasteiger partial charge in [0.05, 0.1) is 32.2 Å². The van der Waals surface area contributed by atoms with E-state index in [0.717, 1.165) is 62.2 Å². The maximum Gasteiger partial charge on any atom is 0.261 e. The summed E-state index contributed by atoms with van der Waals surface area (Å²) in [4.78, 5) is 31.5. The number of aryl methyl sites for hydroxylation is 1. The molecule has 3 heterocycles. The summed E-state index contributed by atoms with van der Waals surface area (Å²) >= 11 is 12.6. The van der Waals surface area contributed by atoms with Crippen molar-refractivity contribution in [2.24, 2.45) is 0 Å². The van der Waals surface area contributed by atoms with E-state index in [9.17, 15) is 9.59 Å². The second kappa shape index (κ2) is 8.85. The molecule has 2 aliphatic heterocycles. The summed E-state index contributed by atoms with van der Waals surface area (Å²) in [7, 11) is 0. The second-order valence-electron chi connectivity index (χ2n) is 8.42. The van der Waals surface area contributed by atoms with Crippen LogP contribution in [0.1, 0.15) is 58.1 Å². The Morgan fingerprint density at radius 3 is 2.25 bits per heavy atom. The molecule has 32 heavy (non-hydrogen) atoms. The Morgan fingerprint density at radius 2 is 1.56 bits per heavy atom. The Kier molecular flexibility index (Phi) is 5.93. The summed E-state index contributed by atoms with van der Waals surface area (Å²) in [6.45, 7) is 3.12. The van der Waals surface area contributed by atoms with Crippen LogP contribution in [0, 0.1) is 0 Å². The molecule has 0 unspecified atom stereocenters. The van der Waals surface area contributed by atoms with Gasteiger partial charge in [-0.05, 0) is 63.0 Å². The number of imide groups is 1. The Balaban J connectivity index is 1.32. The number of fused-ring (bicyclic) bond motifs is 2. The fraction of sp³-hybridized carbons (Fsp3) is 0.375. The van der Waals surface area contributed by atoms with Gasteiger partial charge in [0.1, 0.15) is 5.82 Å². The molecule has 1 saturated heterocycles. The van der Waals surface area contributed by atoms with Crippen molar-refractivity contribution in [2.45, 2.75) is 38.1 Å². The largest absolute Gasteiger partial charge is 0.328 e. The van der Waals surface area contributed by atoms with Crippen LogP contribution in [0.2, 0.25) is 10.0 Å². The topological polar surface area (TPSA) is 67.2 Å². The molecule has 0 saturated carbocycles. The van der Waals surface area contributed by atoms with Crippen molar-refractivity contribution < 1.29 is 9.59 Å². The van der Waals surface area contributed by atoms with Gasteiger partial charge in [-0.15, -0.1) is 0 Å². The fourth-order valence-electron chi connectivity index (χ4n) is 4.75. The van der Waals surface area contributed by atoms with E-state index in [2.05, 4.69) is 9.88 Å². The number of rotatable bonds is 6. The zero-order valence-corrected chi connectivity index (χ0v) is 19.1. The van der Waals surface area contributed by atoms with Crippen molar-refractivity contribution in [2.75, 3.05) is 19.6 Å². The van der Waals surface area contributed by atoms with Crippen molar-refractivity contribution in [1.82, 2.24) is 19.8 Å². The van der Waals surface area contributed by atoms with Gasteiger partial charge in [0.25, 0.3) is 11.8 Å². The Bertz CT molecular complexity index is 1170. The van der Waals surface area contributed by atoms with Crippen molar-refractivity contribution in [3.63, 3.8) is 0 Å². The molecule has 1 aromatic heterocycles. The van der Waals surface area contributed by atoms with Crippen LogP contribution in [0.5, 0.6) is 0 Å². The summed E-state index contributed by atoms with van der Waals surface area (Å²) in [6, 6.07) is 10.7. The lowest BCUT2D eigenvalue weighted by Gasteiger charge is -2.23. The number of carbonyl (C=O) groups is 2. The molecule has 5 rings (SSSR count). The van der Waals surface area contributed by atoms with Gasteiger partial charge in [-0.2, -0.15) is 0 Å². The normalized spacial score (nSPS) is 16.9. The number of imidazole rings is 1. The molecule has 2 aromatic carbocycles. The number of piperidine rings is 1. The molecular weight excluding hydrogens is 447 g/mol. The van der Waals surface area contributed by atoms with Crippen molar-refractivity contribution >= 4 is 46.0 Å². The van der Waals surface area contributed by atoms with Crippen LogP contribution in [0.3, 0.4) is 0 Å². The lowest BCUT2D eigenvalue weighted by atomic mass is 9.97. The smallest absolute Gasteiger partial charge is 0.261 e. The number of hydrogen-bond acceptors (Lipinski definition) is 4. The number of nitrogens with zero attached hydrogens (tertiary/aromatic N) is 3. The minimum absolute atomic E-state index is 0.199. The van der Waals surface area contributed by atoms with Crippen LogP contribution in [0.4, 0.5) is 0 Å². The van der Waals surface area contributed by atoms with Crippen molar-refractivity contribution in [3.05, 3.63) is 63.4 Å². The molecule has 0 aliphatic carbocycles. The van der Waals surface area contributed by atoms with Crippen LogP contribution in [-0.4, -0.2) is 45.9 Å². The standard InChI is InChI=1S/C24H24Cl2N4O2/c25-18-13-20-21(14-19(18)26)29(22(28-20)15-7-9-27-10-8-15)11-3-4-12-30-23(31)16-5-1-2-6-17(16)24(30)32/h1-2,5-6,13-15,27H,3-4,7-12H2. The number of aromatic nitrogens is 2.